The van der Waals surface area contributed by atoms with Crippen molar-refractivity contribution in [1.82, 2.24) is 4.90 Å². The van der Waals surface area contributed by atoms with E-state index in [2.05, 4.69) is 0 Å². The lowest BCUT2D eigenvalue weighted by Crippen LogP contribution is -2.36. The van der Waals surface area contributed by atoms with E-state index in [-0.39, 0.29) is 24.0 Å². The first-order valence-electron chi connectivity index (χ1n) is 12.2. The van der Waals surface area contributed by atoms with E-state index in [4.69, 9.17) is 18.9 Å². The number of aryl methyl sites for hydroxylation is 2. The summed E-state index contributed by atoms with van der Waals surface area (Å²) in [6, 6.07) is 8.14. The number of ether oxygens (including phenoxy) is 4. The molecule has 2 heterocycles. The van der Waals surface area contributed by atoms with Gasteiger partial charge in [0.25, 0.3) is 11.7 Å². The third kappa shape index (κ3) is 4.65. The van der Waals surface area contributed by atoms with Crippen LogP contribution in [0.25, 0.3) is 5.76 Å². The first-order chi connectivity index (χ1) is 17.3. The van der Waals surface area contributed by atoms with Crippen LogP contribution in [0.3, 0.4) is 0 Å². The van der Waals surface area contributed by atoms with E-state index in [0.29, 0.717) is 41.6 Å². The van der Waals surface area contributed by atoms with Gasteiger partial charge in [0.1, 0.15) is 11.5 Å². The first-order valence-corrected chi connectivity index (χ1v) is 12.2. The smallest absolute Gasteiger partial charge is 0.295 e. The average molecular weight is 496 g/mol. The molecule has 1 amide bonds. The Bertz CT molecular complexity index is 1200. The minimum atomic E-state index is -0.829. The summed E-state index contributed by atoms with van der Waals surface area (Å²) in [6.07, 6.45) is 1.52. The molecule has 0 spiro atoms. The van der Waals surface area contributed by atoms with Gasteiger partial charge in [-0.25, -0.2) is 0 Å². The van der Waals surface area contributed by atoms with Crippen LogP contribution in [0.15, 0.2) is 35.9 Å². The lowest BCUT2D eigenvalue weighted by Gasteiger charge is -2.28. The van der Waals surface area contributed by atoms with E-state index in [1.807, 2.05) is 26.8 Å². The molecule has 1 N–H and O–H groups in total. The highest BCUT2D eigenvalue weighted by atomic mass is 16.5. The van der Waals surface area contributed by atoms with Crippen LogP contribution in [-0.2, 0) is 14.3 Å². The summed E-state index contributed by atoms with van der Waals surface area (Å²) in [4.78, 5) is 28.3. The average Bonchev–Trinajstić information content (AvgIpc) is 3.46. The zero-order valence-corrected chi connectivity index (χ0v) is 21.4. The molecule has 0 radical (unpaired) electrons. The number of hydrogen-bond acceptors (Lipinski definition) is 7. The van der Waals surface area contributed by atoms with Crippen molar-refractivity contribution in [3.8, 4) is 17.2 Å². The summed E-state index contributed by atoms with van der Waals surface area (Å²) in [6.45, 7) is 6.96. The Hall–Kier alpha value is -3.52. The second-order valence-corrected chi connectivity index (χ2v) is 9.09. The fourth-order valence-electron chi connectivity index (χ4n) is 5.10. The van der Waals surface area contributed by atoms with Gasteiger partial charge >= 0.3 is 0 Å². The van der Waals surface area contributed by atoms with Crippen LogP contribution >= 0.6 is 0 Å². The van der Waals surface area contributed by atoms with Crippen molar-refractivity contribution in [2.45, 2.75) is 45.8 Å². The second kappa shape index (κ2) is 10.6. The van der Waals surface area contributed by atoms with Crippen LogP contribution in [0.2, 0.25) is 0 Å². The zero-order valence-electron chi connectivity index (χ0n) is 21.4. The van der Waals surface area contributed by atoms with Gasteiger partial charge < -0.3 is 29.0 Å². The maximum atomic E-state index is 13.4. The normalized spacial score (nSPS) is 21.2. The number of nitrogens with zero attached hydrogens (tertiary/aromatic N) is 1. The van der Waals surface area contributed by atoms with Crippen LogP contribution in [0.1, 0.15) is 48.1 Å². The second-order valence-electron chi connectivity index (χ2n) is 9.09. The van der Waals surface area contributed by atoms with Crippen LogP contribution in [0.4, 0.5) is 0 Å². The largest absolute Gasteiger partial charge is 0.507 e. The molecule has 8 nitrogen and oxygen atoms in total. The predicted molar refractivity (Wildman–Crippen MR) is 135 cm³/mol. The number of ketones is 1. The highest BCUT2D eigenvalue weighted by Crippen LogP contribution is 2.44. The van der Waals surface area contributed by atoms with Gasteiger partial charge in [0.2, 0.25) is 0 Å². The number of Topliss-reactive ketones (excluding diaryl/α,β-unsaturated/α-hetero) is 1. The van der Waals surface area contributed by atoms with Crippen molar-refractivity contribution in [3.63, 3.8) is 0 Å². The fourth-order valence-corrected chi connectivity index (χ4v) is 5.10. The van der Waals surface area contributed by atoms with E-state index in [1.165, 1.54) is 19.1 Å². The number of benzene rings is 2. The molecule has 2 atom stereocenters. The third-order valence-corrected chi connectivity index (χ3v) is 6.65. The van der Waals surface area contributed by atoms with Gasteiger partial charge in [-0.15, -0.1) is 0 Å². The molecule has 2 saturated heterocycles. The maximum Gasteiger partial charge on any atom is 0.295 e. The Morgan fingerprint density at radius 3 is 2.53 bits per heavy atom. The summed E-state index contributed by atoms with van der Waals surface area (Å²) >= 11 is 0. The zero-order chi connectivity index (χ0) is 26.0. The molecule has 8 heteroatoms. The van der Waals surface area contributed by atoms with Gasteiger partial charge in [0.05, 0.1) is 44.1 Å². The van der Waals surface area contributed by atoms with Crippen molar-refractivity contribution in [2.24, 2.45) is 0 Å². The summed E-state index contributed by atoms with van der Waals surface area (Å²) in [5.74, 6) is -0.217. The maximum absolute atomic E-state index is 13.4. The molecule has 2 aliphatic heterocycles. The van der Waals surface area contributed by atoms with E-state index in [9.17, 15) is 14.7 Å². The van der Waals surface area contributed by atoms with E-state index < -0.39 is 17.7 Å². The van der Waals surface area contributed by atoms with Crippen molar-refractivity contribution in [3.05, 3.63) is 58.2 Å². The lowest BCUT2D eigenvalue weighted by molar-refractivity contribution is -0.140. The van der Waals surface area contributed by atoms with Crippen LogP contribution in [0.5, 0.6) is 17.2 Å². The highest BCUT2D eigenvalue weighted by molar-refractivity contribution is 6.46. The molecule has 2 aliphatic rings. The van der Waals surface area contributed by atoms with Gasteiger partial charge in [0, 0.05) is 13.2 Å². The quantitative estimate of drug-likeness (QED) is 0.331. The molecule has 2 aromatic carbocycles. The van der Waals surface area contributed by atoms with E-state index in [1.54, 1.807) is 24.3 Å². The van der Waals surface area contributed by atoms with Gasteiger partial charge in [-0.05, 0) is 68.5 Å². The minimum Gasteiger partial charge on any atom is -0.507 e. The molecule has 2 aromatic rings. The van der Waals surface area contributed by atoms with Gasteiger partial charge in [-0.1, -0.05) is 12.1 Å². The standard InChI is InChI=1S/C28H33NO7/c1-6-35-21-10-9-18(14-22(21)33-4)24-23(25(30)20-13-16(2)12-17(3)27(20)34-5)26(31)28(32)29(24)15-19-8-7-11-36-19/h9-10,12-14,19,24,30H,6-8,11,15H2,1-5H3/b25-23+. The van der Waals surface area contributed by atoms with E-state index >= 15 is 0 Å². The van der Waals surface area contributed by atoms with Crippen LogP contribution in [-0.4, -0.2) is 61.8 Å². The Kier molecular flexibility index (Phi) is 7.54. The van der Waals surface area contributed by atoms with Gasteiger partial charge in [0.15, 0.2) is 11.5 Å². The molecule has 2 unspecified atom stereocenters. The minimum absolute atomic E-state index is 0.00695. The summed E-state index contributed by atoms with van der Waals surface area (Å²) in [5.41, 5.74) is 2.70. The molecule has 0 saturated carbocycles. The Labute approximate surface area is 211 Å². The Balaban J connectivity index is 1.91. The number of likely N-dealkylation sites (tertiary alicyclic amines) is 1. The number of aliphatic hydroxyl groups is 1. The SMILES string of the molecule is CCOc1ccc(C2/C(=C(\O)c3cc(C)cc(C)c3OC)C(=O)C(=O)N2CC2CCCO2)cc1OC. The fraction of sp³-hybridized carbons (Fsp3) is 0.429. The molecular weight excluding hydrogens is 462 g/mol. The molecule has 36 heavy (non-hydrogen) atoms. The number of methoxy groups -OCH3 is 2. The van der Waals surface area contributed by atoms with Crippen LogP contribution < -0.4 is 14.2 Å². The van der Waals surface area contributed by atoms with Crippen molar-refractivity contribution in [1.29, 1.82) is 0 Å². The molecule has 4 rings (SSSR count). The predicted octanol–water partition coefficient (Wildman–Crippen LogP) is 4.32. The molecule has 0 bridgehead atoms. The number of carbonyl (C=O) groups excluding carboxylic acids is 2. The number of hydrogen-bond donors (Lipinski definition) is 1. The summed E-state index contributed by atoms with van der Waals surface area (Å²) in [7, 11) is 3.05. The van der Waals surface area contributed by atoms with Crippen molar-refractivity contribution < 1.29 is 33.6 Å². The number of aliphatic hydroxyl groups excluding tert-OH is 1. The molecular formula is C28H33NO7. The lowest BCUT2D eigenvalue weighted by atomic mass is 9.93. The van der Waals surface area contributed by atoms with Gasteiger partial charge in [-0.2, -0.15) is 0 Å². The van der Waals surface area contributed by atoms with E-state index in [0.717, 1.165) is 24.0 Å². The first kappa shape index (κ1) is 25.6. The van der Waals surface area contributed by atoms with Crippen molar-refractivity contribution >= 4 is 17.4 Å². The molecule has 2 fully saturated rings. The number of amides is 1. The van der Waals surface area contributed by atoms with Crippen molar-refractivity contribution in [2.75, 3.05) is 34.0 Å². The summed E-state index contributed by atoms with van der Waals surface area (Å²) < 4.78 is 22.5. The Morgan fingerprint density at radius 2 is 1.89 bits per heavy atom. The topological polar surface area (TPSA) is 94.5 Å². The molecule has 0 aliphatic carbocycles. The Morgan fingerprint density at radius 1 is 1.11 bits per heavy atom. The summed E-state index contributed by atoms with van der Waals surface area (Å²) in [5, 5.41) is 11.6. The van der Waals surface area contributed by atoms with Crippen LogP contribution in [0, 0.1) is 13.8 Å². The molecule has 192 valence electrons. The van der Waals surface area contributed by atoms with Gasteiger partial charge in [-0.3, -0.25) is 9.59 Å². The number of rotatable bonds is 8. The highest BCUT2D eigenvalue weighted by Gasteiger charge is 2.47. The molecule has 0 aromatic heterocycles. The monoisotopic (exact) mass is 495 g/mol. The third-order valence-electron chi connectivity index (χ3n) is 6.65. The number of carbonyl (C=O) groups is 2.